The predicted octanol–water partition coefficient (Wildman–Crippen LogP) is 1.35. The lowest BCUT2D eigenvalue weighted by molar-refractivity contribution is 0.105. The molecule has 126 valence electrons. The van der Waals surface area contributed by atoms with Crippen LogP contribution < -0.4 is 5.32 Å². The summed E-state index contributed by atoms with van der Waals surface area (Å²) in [5.74, 6) is 0. The number of aromatic nitrogens is 4. The monoisotopic (exact) mass is 327 g/mol. The van der Waals surface area contributed by atoms with Crippen molar-refractivity contribution in [1.82, 2.24) is 19.6 Å². The summed E-state index contributed by atoms with van der Waals surface area (Å²) in [7, 11) is 1.91. The van der Waals surface area contributed by atoms with Crippen LogP contribution in [-0.4, -0.2) is 49.0 Å². The van der Waals surface area contributed by atoms with Crippen molar-refractivity contribution in [3.8, 4) is 16.9 Å². The van der Waals surface area contributed by atoms with Crippen LogP contribution in [-0.2, 0) is 7.05 Å². The summed E-state index contributed by atoms with van der Waals surface area (Å²) in [6.07, 6.45) is 2.97. The molecule has 3 N–H and O–H groups in total. The topological polar surface area (TPSA) is 88.1 Å². The first-order chi connectivity index (χ1) is 11.6. The quantitative estimate of drug-likeness (QED) is 0.636. The maximum atomic E-state index is 9.35. The van der Waals surface area contributed by atoms with E-state index in [1.165, 1.54) is 0 Å². The molecular formula is C17H21N5O2. The molecule has 3 rings (SSSR count). The molecule has 1 atom stereocenters. The SMILES string of the molecule is Cc1c(-c2ccn(-c3ccc(NCC(O)CO)cc3)n2)cnn1C. The molecule has 1 unspecified atom stereocenters. The molecule has 0 aliphatic carbocycles. The average molecular weight is 327 g/mol. The van der Waals surface area contributed by atoms with Crippen molar-refractivity contribution >= 4 is 5.69 Å². The van der Waals surface area contributed by atoms with Crippen LogP contribution in [0.3, 0.4) is 0 Å². The third-order valence-corrected chi connectivity index (χ3v) is 3.98. The van der Waals surface area contributed by atoms with Gasteiger partial charge in [-0.1, -0.05) is 0 Å². The van der Waals surface area contributed by atoms with Gasteiger partial charge in [-0.3, -0.25) is 4.68 Å². The molecule has 0 spiro atoms. The van der Waals surface area contributed by atoms with Gasteiger partial charge in [-0.15, -0.1) is 0 Å². The third-order valence-electron chi connectivity index (χ3n) is 3.98. The molecule has 1 aromatic carbocycles. The number of aryl methyl sites for hydroxylation is 1. The number of aliphatic hydroxyl groups is 2. The van der Waals surface area contributed by atoms with Gasteiger partial charge in [0.25, 0.3) is 0 Å². The molecule has 0 fully saturated rings. The van der Waals surface area contributed by atoms with E-state index in [2.05, 4.69) is 15.5 Å². The first-order valence-corrected chi connectivity index (χ1v) is 7.76. The molecule has 0 saturated heterocycles. The van der Waals surface area contributed by atoms with Crippen molar-refractivity contribution in [1.29, 1.82) is 0 Å². The summed E-state index contributed by atoms with van der Waals surface area (Å²) in [6, 6.07) is 9.68. The van der Waals surface area contributed by atoms with Crippen molar-refractivity contribution in [2.45, 2.75) is 13.0 Å². The first-order valence-electron chi connectivity index (χ1n) is 7.76. The Balaban J connectivity index is 1.74. The summed E-state index contributed by atoms with van der Waals surface area (Å²) < 4.78 is 3.64. The normalized spacial score (nSPS) is 12.3. The molecule has 2 heterocycles. The van der Waals surface area contributed by atoms with Gasteiger partial charge >= 0.3 is 0 Å². The van der Waals surface area contributed by atoms with E-state index in [-0.39, 0.29) is 6.61 Å². The highest BCUT2D eigenvalue weighted by molar-refractivity contribution is 5.61. The zero-order valence-corrected chi connectivity index (χ0v) is 13.7. The Bertz CT molecular complexity index is 807. The summed E-state index contributed by atoms with van der Waals surface area (Å²) in [6.45, 7) is 2.07. The van der Waals surface area contributed by atoms with E-state index in [0.29, 0.717) is 6.54 Å². The maximum Gasteiger partial charge on any atom is 0.0961 e. The van der Waals surface area contributed by atoms with Crippen LogP contribution in [0.25, 0.3) is 16.9 Å². The van der Waals surface area contributed by atoms with Crippen LogP contribution in [0, 0.1) is 6.92 Å². The number of aliphatic hydroxyl groups excluding tert-OH is 2. The van der Waals surface area contributed by atoms with E-state index in [1.54, 1.807) is 0 Å². The van der Waals surface area contributed by atoms with Crippen LogP contribution in [0.2, 0.25) is 0 Å². The molecule has 0 radical (unpaired) electrons. The summed E-state index contributed by atoms with van der Waals surface area (Å²) in [5.41, 5.74) is 4.79. The first kappa shape index (κ1) is 16.2. The van der Waals surface area contributed by atoms with Gasteiger partial charge in [0, 0.05) is 36.7 Å². The Morgan fingerprint density at radius 1 is 1.21 bits per heavy atom. The zero-order chi connectivity index (χ0) is 17.1. The minimum atomic E-state index is -0.763. The van der Waals surface area contributed by atoms with Crippen molar-refractivity contribution in [3.63, 3.8) is 0 Å². The van der Waals surface area contributed by atoms with E-state index < -0.39 is 6.10 Å². The smallest absolute Gasteiger partial charge is 0.0961 e. The summed E-state index contributed by atoms with van der Waals surface area (Å²) >= 11 is 0. The lowest BCUT2D eigenvalue weighted by Gasteiger charge is -2.10. The molecule has 7 nitrogen and oxygen atoms in total. The number of hydrogen-bond acceptors (Lipinski definition) is 5. The van der Waals surface area contributed by atoms with Gasteiger partial charge in [0.05, 0.1) is 30.3 Å². The largest absolute Gasteiger partial charge is 0.394 e. The molecule has 2 aromatic heterocycles. The second kappa shape index (κ2) is 6.86. The van der Waals surface area contributed by atoms with Gasteiger partial charge in [-0.25, -0.2) is 4.68 Å². The van der Waals surface area contributed by atoms with Crippen LogP contribution in [0.15, 0.2) is 42.7 Å². The second-order valence-corrected chi connectivity index (χ2v) is 5.68. The molecule has 24 heavy (non-hydrogen) atoms. The van der Waals surface area contributed by atoms with Gasteiger partial charge in [0.15, 0.2) is 0 Å². The average Bonchev–Trinajstić information content (AvgIpc) is 3.21. The Kier molecular flexibility index (Phi) is 4.64. The van der Waals surface area contributed by atoms with Gasteiger partial charge < -0.3 is 15.5 Å². The lowest BCUT2D eigenvalue weighted by Crippen LogP contribution is -2.22. The highest BCUT2D eigenvalue weighted by Gasteiger charge is 2.10. The van der Waals surface area contributed by atoms with E-state index in [4.69, 9.17) is 5.11 Å². The standard InChI is InChI=1S/C17H21N5O2/c1-12-16(10-19-21(12)2)17-7-8-22(20-17)14-5-3-13(4-6-14)18-9-15(24)11-23/h3-8,10,15,18,23-24H,9,11H2,1-2H3. The van der Waals surface area contributed by atoms with Gasteiger partial charge in [-0.05, 0) is 37.3 Å². The van der Waals surface area contributed by atoms with Crippen LogP contribution >= 0.6 is 0 Å². The van der Waals surface area contributed by atoms with Crippen molar-refractivity contribution in [3.05, 3.63) is 48.4 Å². The van der Waals surface area contributed by atoms with Gasteiger partial charge in [0.1, 0.15) is 0 Å². The minimum Gasteiger partial charge on any atom is -0.394 e. The van der Waals surface area contributed by atoms with Gasteiger partial charge in [-0.2, -0.15) is 10.2 Å². The number of rotatable bonds is 6. The number of nitrogens with zero attached hydrogens (tertiary/aromatic N) is 4. The second-order valence-electron chi connectivity index (χ2n) is 5.68. The fourth-order valence-electron chi connectivity index (χ4n) is 2.39. The van der Waals surface area contributed by atoms with E-state index in [9.17, 15) is 5.11 Å². The van der Waals surface area contributed by atoms with E-state index in [1.807, 2.05) is 66.1 Å². The number of hydrogen-bond donors (Lipinski definition) is 3. The maximum absolute atomic E-state index is 9.35. The molecule has 0 bridgehead atoms. The Hall–Kier alpha value is -2.64. The molecule has 0 aliphatic rings. The number of nitrogens with one attached hydrogen (secondary N) is 1. The predicted molar refractivity (Wildman–Crippen MR) is 92.1 cm³/mol. The lowest BCUT2D eigenvalue weighted by atomic mass is 10.2. The summed E-state index contributed by atoms with van der Waals surface area (Å²) in [4.78, 5) is 0. The van der Waals surface area contributed by atoms with Gasteiger partial charge in [0.2, 0.25) is 0 Å². The van der Waals surface area contributed by atoms with Crippen LogP contribution in [0.5, 0.6) is 0 Å². The Morgan fingerprint density at radius 3 is 2.58 bits per heavy atom. The minimum absolute atomic E-state index is 0.255. The Labute approximate surface area is 140 Å². The molecule has 0 amide bonds. The van der Waals surface area contributed by atoms with Crippen molar-refractivity contribution < 1.29 is 10.2 Å². The number of benzene rings is 1. The van der Waals surface area contributed by atoms with Crippen molar-refractivity contribution in [2.75, 3.05) is 18.5 Å². The fourth-order valence-corrected chi connectivity index (χ4v) is 2.39. The summed E-state index contributed by atoms with van der Waals surface area (Å²) in [5, 5.41) is 30.1. The molecule has 7 heteroatoms. The number of anilines is 1. The fraction of sp³-hybridized carbons (Fsp3) is 0.294. The van der Waals surface area contributed by atoms with Crippen molar-refractivity contribution in [2.24, 2.45) is 7.05 Å². The molecule has 3 aromatic rings. The molecule has 0 aliphatic heterocycles. The molecular weight excluding hydrogens is 306 g/mol. The van der Waals surface area contributed by atoms with E-state index >= 15 is 0 Å². The van der Waals surface area contributed by atoms with E-state index in [0.717, 1.165) is 28.3 Å². The van der Waals surface area contributed by atoms with Crippen LogP contribution in [0.1, 0.15) is 5.69 Å². The highest BCUT2D eigenvalue weighted by atomic mass is 16.3. The Morgan fingerprint density at radius 2 is 1.96 bits per heavy atom. The molecule has 0 saturated carbocycles. The van der Waals surface area contributed by atoms with Crippen LogP contribution in [0.4, 0.5) is 5.69 Å². The zero-order valence-electron chi connectivity index (χ0n) is 13.7. The third kappa shape index (κ3) is 3.32. The highest BCUT2D eigenvalue weighted by Crippen LogP contribution is 2.22.